The molecule has 0 radical (unpaired) electrons. The van der Waals surface area contributed by atoms with Crippen molar-refractivity contribution in [3.05, 3.63) is 93.8 Å². The Hall–Kier alpha value is -4.53. The fourth-order valence-electron chi connectivity index (χ4n) is 3.23. The Labute approximate surface area is 176 Å². The summed E-state index contributed by atoms with van der Waals surface area (Å²) in [5, 5.41) is 25.4. The molecular weight excluding hydrogens is 400 g/mol. The van der Waals surface area contributed by atoms with Crippen LogP contribution in [0.2, 0.25) is 0 Å². The van der Waals surface area contributed by atoms with Gasteiger partial charge in [0.1, 0.15) is 0 Å². The minimum absolute atomic E-state index is 0.00526. The van der Waals surface area contributed by atoms with E-state index < -0.39 is 10.9 Å². The van der Waals surface area contributed by atoms with Crippen LogP contribution in [-0.2, 0) is 4.79 Å². The van der Waals surface area contributed by atoms with Gasteiger partial charge in [0.2, 0.25) is 0 Å². The Kier molecular flexibility index (Phi) is 4.92. The molecule has 1 amide bonds. The normalized spacial score (nSPS) is 14.7. The number of carboxylic acids is 1. The average Bonchev–Trinajstić information content (AvgIpc) is 3.34. The number of hydrogen-bond donors (Lipinski definition) is 1. The van der Waals surface area contributed by atoms with Crippen molar-refractivity contribution < 1.29 is 19.6 Å². The third-order valence-corrected chi connectivity index (χ3v) is 4.83. The van der Waals surface area contributed by atoms with Crippen LogP contribution in [0.5, 0.6) is 0 Å². The van der Waals surface area contributed by atoms with E-state index in [1.54, 1.807) is 31.3 Å². The van der Waals surface area contributed by atoms with Gasteiger partial charge in [0.05, 0.1) is 27.5 Å². The van der Waals surface area contributed by atoms with Crippen LogP contribution >= 0.6 is 0 Å². The maximum atomic E-state index is 13.0. The molecular formula is C22H16N4O5. The molecule has 0 saturated carbocycles. The number of carbonyl (C=O) groups is 2. The first-order valence-corrected chi connectivity index (χ1v) is 9.22. The van der Waals surface area contributed by atoms with E-state index in [-0.39, 0.29) is 17.2 Å². The molecule has 0 spiro atoms. The Morgan fingerprint density at radius 3 is 2.32 bits per heavy atom. The molecule has 0 saturated heterocycles. The number of nitro benzene ring substituents is 1. The Morgan fingerprint density at radius 1 is 1.06 bits per heavy atom. The number of benzene rings is 2. The van der Waals surface area contributed by atoms with Crippen molar-refractivity contribution in [2.45, 2.75) is 6.92 Å². The van der Waals surface area contributed by atoms with Crippen LogP contribution in [-0.4, -0.2) is 32.2 Å². The summed E-state index contributed by atoms with van der Waals surface area (Å²) in [5.41, 5.74) is 2.90. The molecule has 9 heteroatoms. The first-order chi connectivity index (χ1) is 14.8. The van der Waals surface area contributed by atoms with Crippen LogP contribution in [0.15, 0.2) is 77.5 Å². The summed E-state index contributed by atoms with van der Waals surface area (Å²) in [4.78, 5) is 34.4. The van der Waals surface area contributed by atoms with Crippen molar-refractivity contribution >= 4 is 35.0 Å². The second-order valence-corrected chi connectivity index (χ2v) is 6.79. The molecule has 1 aliphatic rings. The van der Waals surface area contributed by atoms with E-state index in [1.165, 1.54) is 41.4 Å². The molecule has 9 nitrogen and oxygen atoms in total. The summed E-state index contributed by atoms with van der Waals surface area (Å²) < 4.78 is 1.81. The summed E-state index contributed by atoms with van der Waals surface area (Å²) in [6, 6.07) is 15.6. The number of non-ortho nitro benzene ring substituents is 1. The molecule has 2 heterocycles. The molecule has 4 rings (SSSR count). The molecule has 0 unspecified atom stereocenters. The van der Waals surface area contributed by atoms with Gasteiger partial charge in [-0.25, -0.2) is 4.79 Å². The second kappa shape index (κ2) is 7.71. The molecule has 1 aromatic heterocycles. The molecule has 0 bridgehead atoms. The molecule has 31 heavy (non-hydrogen) atoms. The van der Waals surface area contributed by atoms with Gasteiger partial charge in [0.25, 0.3) is 11.6 Å². The lowest BCUT2D eigenvalue weighted by Gasteiger charge is -2.12. The summed E-state index contributed by atoms with van der Waals surface area (Å²) in [5.74, 6) is -1.39. The quantitative estimate of drug-likeness (QED) is 0.385. The van der Waals surface area contributed by atoms with E-state index in [1.807, 2.05) is 16.7 Å². The summed E-state index contributed by atoms with van der Waals surface area (Å²) in [6.45, 7) is 1.72. The molecule has 3 aromatic rings. The zero-order valence-corrected chi connectivity index (χ0v) is 16.3. The Bertz CT molecular complexity index is 1250. The second-order valence-electron chi connectivity index (χ2n) is 6.79. The first-order valence-electron chi connectivity index (χ1n) is 9.22. The van der Waals surface area contributed by atoms with Gasteiger partial charge in [0, 0.05) is 29.7 Å². The molecule has 0 aliphatic carbocycles. The van der Waals surface area contributed by atoms with Crippen LogP contribution in [0.25, 0.3) is 11.8 Å². The zero-order chi connectivity index (χ0) is 22.1. The summed E-state index contributed by atoms with van der Waals surface area (Å²) in [6.07, 6.45) is 3.50. The van der Waals surface area contributed by atoms with Gasteiger partial charge >= 0.3 is 5.97 Å². The number of carbonyl (C=O) groups excluding carboxylic acids is 1. The van der Waals surface area contributed by atoms with Crippen molar-refractivity contribution in [1.29, 1.82) is 0 Å². The number of nitrogens with zero attached hydrogens (tertiary/aromatic N) is 4. The van der Waals surface area contributed by atoms with Crippen molar-refractivity contribution in [1.82, 2.24) is 4.57 Å². The maximum absolute atomic E-state index is 13.0. The van der Waals surface area contributed by atoms with Crippen molar-refractivity contribution in [2.24, 2.45) is 5.10 Å². The van der Waals surface area contributed by atoms with Crippen molar-refractivity contribution in [3.8, 4) is 5.69 Å². The van der Waals surface area contributed by atoms with E-state index in [0.717, 1.165) is 0 Å². The van der Waals surface area contributed by atoms with Crippen molar-refractivity contribution in [2.75, 3.05) is 5.01 Å². The third kappa shape index (κ3) is 3.71. The molecule has 1 aliphatic heterocycles. The number of aromatic nitrogens is 1. The van der Waals surface area contributed by atoms with E-state index in [0.29, 0.717) is 28.4 Å². The lowest BCUT2D eigenvalue weighted by Crippen LogP contribution is -2.21. The largest absolute Gasteiger partial charge is 0.478 e. The monoisotopic (exact) mass is 416 g/mol. The SMILES string of the molecule is CC1=NN(c2ccc(C(=O)O)cc2)C(=O)/C1=C/c1cccn1-c1ccc([N+](=O)[O-])cc1. The molecule has 2 aromatic carbocycles. The number of anilines is 1. The van der Waals surface area contributed by atoms with E-state index in [9.17, 15) is 19.7 Å². The van der Waals surface area contributed by atoms with Gasteiger partial charge in [-0.05, 0) is 61.5 Å². The molecule has 1 N–H and O–H groups in total. The summed E-state index contributed by atoms with van der Waals surface area (Å²) >= 11 is 0. The highest BCUT2D eigenvalue weighted by atomic mass is 16.6. The third-order valence-electron chi connectivity index (χ3n) is 4.83. The fourth-order valence-corrected chi connectivity index (χ4v) is 3.23. The number of carboxylic acid groups (broad SMARTS) is 1. The van der Waals surface area contributed by atoms with Gasteiger partial charge in [0.15, 0.2) is 0 Å². The van der Waals surface area contributed by atoms with Crippen LogP contribution < -0.4 is 5.01 Å². The number of nitro groups is 1. The minimum Gasteiger partial charge on any atom is -0.478 e. The Morgan fingerprint density at radius 2 is 1.71 bits per heavy atom. The molecule has 154 valence electrons. The number of amides is 1. The maximum Gasteiger partial charge on any atom is 0.335 e. The molecule has 0 atom stereocenters. The lowest BCUT2D eigenvalue weighted by atomic mass is 10.1. The van der Waals surface area contributed by atoms with Crippen LogP contribution in [0.4, 0.5) is 11.4 Å². The number of hydrogen-bond acceptors (Lipinski definition) is 5. The molecule has 0 fully saturated rings. The van der Waals surface area contributed by atoms with Crippen LogP contribution in [0, 0.1) is 10.1 Å². The number of rotatable bonds is 5. The number of hydrazone groups is 1. The highest BCUT2D eigenvalue weighted by molar-refractivity contribution is 6.32. The predicted octanol–water partition coefficient (Wildman–Crippen LogP) is 3.89. The van der Waals surface area contributed by atoms with Gasteiger partial charge in [-0.2, -0.15) is 10.1 Å². The smallest absolute Gasteiger partial charge is 0.335 e. The predicted molar refractivity (Wildman–Crippen MR) is 114 cm³/mol. The van der Waals surface area contributed by atoms with Gasteiger partial charge < -0.3 is 9.67 Å². The topological polar surface area (TPSA) is 118 Å². The Balaban J connectivity index is 1.64. The average molecular weight is 416 g/mol. The van der Waals surface area contributed by atoms with Gasteiger partial charge in [-0.3, -0.25) is 14.9 Å². The minimum atomic E-state index is -1.05. The van der Waals surface area contributed by atoms with E-state index in [2.05, 4.69) is 5.10 Å². The van der Waals surface area contributed by atoms with Gasteiger partial charge in [-0.1, -0.05) is 0 Å². The van der Waals surface area contributed by atoms with E-state index in [4.69, 9.17) is 5.11 Å². The van der Waals surface area contributed by atoms with Gasteiger partial charge in [-0.15, -0.1) is 0 Å². The fraction of sp³-hybridized carbons (Fsp3) is 0.0455. The van der Waals surface area contributed by atoms with Crippen molar-refractivity contribution in [3.63, 3.8) is 0 Å². The first kappa shape index (κ1) is 19.8. The highest BCUT2D eigenvalue weighted by Gasteiger charge is 2.29. The van der Waals surface area contributed by atoms with E-state index >= 15 is 0 Å². The highest BCUT2D eigenvalue weighted by Crippen LogP contribution is 2.26. The standard InChI is InChI=1S/C22H16N4O5/c1-14-20(21(27)25(23-14)17-6-4-15(5-7-17)22(28)29)13-19-3-2-12-24(19)16-8-10-18(11-9-16)26(30)31/h2-13H,1H3,(H,28,29)/b20-13+. The van der Waals surface area contributed by atoms with Crippen LogP contribution in [0.1, 0.15) is 23.0 Å². The lowest BCUT2D eigenvalue weighted by molar-refractivity contribution is -0.384. The van der Waals surface area contributed by atoms with Crippen LogP contribution in [0.3, 0.4) is 0 Å². The number of aromatic carboxylic acids is 1. The summed E-state index contributed by atoms with van der Waals surface area (Å²) in [7, 11) is 0. The zero-order valence-electron chi connectivity index (χ0n) is 16.3.